The SMILES string of the molecule is COc1ccc(C2=C(C(C)=O)[C@H](C)NC(=S)N2)cc1. The summed E-state index contributed by atoms with van der Waals surface area (Å²) in [6, 6.07) is 7.44. The maximum atomic E-state index is 11.8. The molecule has 2 rings (SSSR count). The lowest BCUT2D eigenvalue weighted by atomic mass is 9.96. The van der Waals surface area contributed by atoms with Crippen molar-refractivity contribution in [1.82, 2.24) is 10.6 Å². The van der Waals surface area contributed by atoms with Crippen LogP contribution >= 0.6 is 12.2 Å². The Bertz CT molecular complexity index is 549. The molecular formula is C14H16N2O2S. The standard InChI is InChI=1S/C14H16N2O2S/c1-8-12(9(2)17)13(16-14(19)15-8)10-4-6-11(18-3)7-5-10/h4-8H,1-3H3,(H2,15,16,19)/t8-/m0/s1. The summed E-state index contributed by atoms with van der Waals surface area (Å²) in [7, 11) is 1.62. The van der Waals surface area contributed by atoms with E-state index in [1.807, 2.05) is 31.2 Å². The first-order valence-corrected chi connectivity index (χ1v) is 6.40. The average molecular weight is 276 g/mol. The summed E-state index contributed by atoms with van der Waals surface area (Å²) in [4.78, 5) is 11.8. The molecule has 1 aliphatic rings. The highest BCUT2D eigenvalue weighted by Crippen LogP contribution is 2.24. The smallest absolute Gasteiger partial charge is 0.171 e. The van der Waals surface area contributed by atoms with Crippen LogP contribution in [-0.4, -0.2) is 24.0 Å². The average Bonchev–Trinajstić information content (AvgIpc) is 2.37. The zero-order valence-electron chi connectivity index (χ0n) is 11.1. The van der Waals surface area contributed by atoms with E-state index < -0.39 is 0 Å². The quantitative estimate of drug-likeness (QED) is 0.825. The van der Waals surface area contributed by atoms with E-state index in [2.05, 4.69) is 10.6 Å². The van der Waals surface area contributed by atoms with Gasteiger partial charge in [-0.2, -0.15) is 0 Å². The highest BCUT2D eigenvalue weighted by Gasteiger charge is 2.25. The molecule has 0 saturated carbocycles. The Morgan fingerprint density at radius 3 is 2.47 bits per heavy atom. The van der Waals surface area contributed by atoms with Crippen LogP contribution < -0.4 is 15.4 Å². The third-order valence-corrected chi connectivity index (χ3v) is 3.27. The normalized spacial score (nSPS) is 18.7. The molecule has 0 unspecified atom stereocenters. The Hall–Kier alpha value is -1.88. The molecule has 0 saturated heterocycles. The molecule has 0 fully saturated rings. The van der Waals surface area contributed by atoms with E-state index in [1.54, 1.807) is 14.0 Å². The van der Waals surface area contributed by atoms with Gasteiger partial charge in [-0.05, 0) is 55.9 Å². The first-order chi connectivity index (χ1) is 9.02. The van der Waals surface area contributed by atoms with Crippen molar-refractivity contribution in [2.24, 2.45) is 0 Å². The van der Waals surface area contributed by atoms with E-state index in [4.69, 9.17) is 17.0 Å². The predicted molar refractivity (Wildman–Crippen MR) is 78.9 cm³/mol. The van der Waals surface area contributed by atoms with Crippen LogP contribution in [0.4, 0.5) is 0 Å². The van der Waals surface area contributed by atoms with Gasteiger partial charge in [-0.1, -0.05) is 0 Å². The van der Waals surface area contributed by atoms with Crippen LogP contribution in [0, 0.1) is 0 Å². The predicted octanol–water partition coefficient (Wildman–Crippen LogP) is 1.86. The molecule has 0 amide bonds. The van der Waals surface area contributed by atoms with Crippen LogP contribution in [0.25, 0.3) is 5.70 Å². The number of nitrogens with one attached hydrogen (secondary N) is 2. The number of rotatable bonds is 3. The molecule has 1 aromatic rings. The van der Waals surface area contributed by atoms with Gasteiger partial charge in [-0.15, -0.1) is 0 Å². The minimum atomic E-state index is -0.0941. The summed E-state index contributed by atoms with van der Waals surface area (Å²) in [5.41, 5.74) is 2.40. The van der Waals surface area contributed by atoms with E-state index in [0.717, 1.165) is 17.0 Å². The summed E-state index contributed by atoms with van der Waals surface area (Å²) >= 11 is 5.16. The van der Waals surface area contributed by atoms with Crippen LogP contribution in [0.15, 0.2) is 29.8 Å². The van der Waals surface area contributed by atoms with E-state index in [1.165, 1.54) is 0 Å². The molecule has 4 nitrogen and oxygen atoms in total. The fourth-order valence-corrected chi connectivity index (χ4v) is 2.45. The van der Waals surface area contributed by atoms with E-state index in [-0.39, 0.29) is 11.8 Å². The van der Waals surface area contributed by atoms with Crippen molar-refractivity contribution in [3.05, 3.63) is 35.4 Å². The van der Waals surface area contributed by atoms with Crippen molar-refractivity contribution in [1.29, 1.82) is 0 Å². The van der Waals surface area contributed by atoms with Crippen molar-refractivity contribution in [2.45, 2.75) is 19.9 Å². The van der Waals surface area contributed by atoms with Crippen molar-refractivity contribution in [2.75, 3.05) is 7.11 Å². The molecule has 0 radical (unpaired) electrons. The maximum Gasteiger partial charge on any atom is 0.171 e. The van der Waals surface area contributed by atoms with Crippen molar-refractivity contribution >= 4 is 28.8 Å². The van der Waals surface area contributed by atoms with Gasteiger partial charge in [0.2, 0.25) is 0 Å². The summed E-state index contributed by atoms with van der Waals surface area (Å²) in [5.74, 6) is 0.805. The molecule has 0 aliphatic carbocycles. The molecule has 1 aliphatic heterocycles. The molecule has 100 valence electrons. The molecule has 1 atom stereocenters. The molecule has 1 heterocycles. The van der Waals surface area contributed by atoms with Crippen LogP contribution in [0.5, 0.6) is 5.75 Å². The number of carbonyl (C=O) groups excluding carboxylic acids is 1. The fraction of sp³-hybridized carbons (Fsp3) is 0.286. The molecule has 19 heavy (non-hydrogen) atoms. The van der Waals surface area contributed by atoms with Gasteiger partial charge in [0.1, 0.15) is 5.75 Å². The Morgan fingerprint density at radius 2 is 1.95 bits per heavy atom. The van der Waals surface area contributed by atoms with Crippen LogP contribution in [0.1, 0.15) is 19.4 Å². The van der Waals surface area contributed by atoms with Gasteiger partial charge >= 0.3 is 0 Å². The number of hydrogen-bond donors (Lipinski definition) is 2. The molecule has 5 heteroatoms. The summed E-state index contributed by atoms with van der Waals surface area (Å²) in [6.45, 7) is 3.49. The lowest BCUT2D eigenvalue weighted by Gasteiger charge is -2.28. The van der Waals surface area contributed by atoms with E-state index >= 15 is 0 Å². The van der Waals surface area contributed by atoms with E-state index in [9.17, 15) is 4.79 Å². The van der Waals surface area contributed by atoms with Crippen molar-refractivity contribution < 1.29 is 9.53 Å². The molecule has 0 spiro atoms. The highest BCUT2D eigenvalue weighted by atomic mass is 32.1. The van der Waals surface area contributed by atoms with E-state index in [0.29, 0.717) is 10.7 Å². The topological polar surface area (TPSA) is 50.4 Å². The number of ether oxygens (including phenoxy) is 1. The minimum absolute atomic E-state index is 0.0285. The van der Waals surface area contributed by atoms with Crippen LogP contribution in [0.3, 0.4) is 0 Å². The first-order valence-electron chi connectivity index (χ1n) is 6.00. The number of carbonyl (C=O) groups is 1. The molecule has 0 bridgehead atoms. The largest absolute Gasteiger partial charge is 0.497 e. The molecule has 2 N–H and O–H groups in total. The van der Waals surface area contributed by atoms with Gasteiger partial charge in [0.15, 0.2) is 10.9 Å². The second-order valence-electron chi connectivity index (χ2n) is 4.39. The van der Waals surface area contributed by atoms with Gasteiger partial charge in [-0.25, -0.2) is 0 Å². The zero-order chi connectivity index (χ0) is 14.0. The molecule has 0 aromatic heterocycles. The highest BCUT2D eigenvalue weighted by molar-refractivity contribution is 7.80. The fourth-order valence-electron chi connectivity index (χ4n) is 2.17. The first kappa shape index (κ1) is 13.5. The van der Waals surface area contributed by atoms with Crippen LogP contribution in [-0.2, 0) is 4.79 Å². The van der Waals surface area contributed by atoms with Gasteiger partial charge in [0.25, 0.3) is 0 Å². The number of thiocarbonyl (C=S) groups is 1. The molecule has 1 aromatic carbocycles. The number of hydrogen-bond acceptors (Lipinski definition) is 3. The lowest BCUT2D eigenvalue weighted by Crippen LogP contribution is -2.47. The maximum absolute atomic E-state index is 11.8. The Labute approximate surface area is 117 Å². The van der Waals surface area contributed by atoms with Gasteiger partial charge < -0.3 is 15.4 Å². The Morgan fingerprint density at radius 1 is 1.32 bits per heavy atom. The monoisotopic (exact) mass is 276 g/mol. The van der Waals surface area contributed by atoms with Crippen molar-refractivity contribution in [3.63, 3.8) is 0 Å². The minimum Gasteiger partial charge on any atom is -0.497 e. The third-order valence-electron chi connectivity index (χ3n) is 3.05. The second-order valence-corrected chi connectivity index (χ2v) is 4.80. The summed E-state index contributed by atoms with van der Waals surface area (Å²) in [5, 5.41) is 6.65. The van der Waals surface area contributed by atoms with Crippen LogP contribution in [0.2, 0.25) is 0 Å². The number of methoxy groups -OCH3 is 1. The Kier molecular flexibility index (Phi) is 3.85. The second kappa shape index (κ2) is 5.40. The molecular weight excluding hydrogens is 260 g/mol. The lowest BCUT2D eigenvalue weighted by molar-refractivity contribution is -0.113. The third kappa shape index (κ3) is 2.76. The van der Waals surface area contributed by atoms with Gasteiger partial charge in [-0.3, -0.25) is 4.79 Å². The number of ketones is 1. The van der Waals surface area contributed by atoms with Gasteiger partial charge in [0.05, 0.1) is 18.8 Å². The summed E-state index contributed by atoms with van der Waals surface area (Å²) in [6.07, 6.45) is 0. The Balaban J connectivity index is 2.50. The zero-order valence-corrected chi connectivity index (χ0v) is 11.9. The number of benzene rings is 1. The van der Waals surface area contributed by atoms with Crippen molar-refractivity contribution in [3.8, 4) is 5.75 Å². The van der Waals surface area contributed by atoms with Gasteiger partial charge in [0, 0.05) is 5.57 Å². The number of Topliss-reactive ketones (excluding diaryl/α,β-unsaturated/α-hetero) is 1. The summed E-state index contributed by atoms with van der Waals surface area (Å²) < 4.78 is 5.13.